The second-order valence-corrected chi connectivity index (χ2v) is 6.82. The minimum absolute atomic E-state index is 0.0676. The molecule has 2 saturated carbocycles. The van der Waals surface area contributed by atoms with Gasteiger partial charge in [-0.2, -0.15) is 0 Å². The first-order chi connectivity index (χ1) is 11.6. The van der Waals surface area contributed by atoms with Crippen LogP contribution in [0.4, 0.5) is 0 Å². The molecule has 2 aliphatic rings. The van der Waals surface area contributed by atoms with Crippen molar-refractivity contribution >= 4 is 11.9 Å². The van der Waals surface area contributed by atoms with Crippen LogP contribution in [-0.4, -0.2) is 40.6 Å². The minimum atomic E-state index is -0.942. The lowest BCUT2D eigenvalue weighted by molar-refractivity contribution is -0.144. The highest BCUT2D eigenvalue weighted by Gasteiger charge is 2.33. The molecule has 1 aromatic rings. The van der Waals surface area contributed by atoms with Crippen LogP contribution in [-0.2, 0) is 16.0 Å². The average molecular weight is 331 g/mol. The lowest BCUT2D eigenvalue weighted by Crippen LogP contribution is -2.37. The summed E-state index contributed by atoms with van der Waals surface area (Å²) >= 11 is 0. The van der Waals surface area contributed by atoms with Gasteiger partial charge < -0.3 is 14.7 Å². The Hall–Kier alpha value is -2.04. The molecule has 2 fully saturated rings. The van der Waals surface area contributed by atoms with Crippen molar-refractivity contribution in [1.82, 2.24) is 4.90 Å². The zero-order valence-electron chi connectivity index (χ0n) is 13.9. The molecule has 5 heteroatoms. The van der Waals surface area contributed by atoms with Gasteiger partial charge in [0, 0.05) is 12.5 Å². The van der Waals surface area contributed by atoms with E-state index in [1.54, 1.807) is 0 Å². The van der Waals surface area contributed by atoms with Gasteiger partial charge in [-0.05, 0) is 62.6 Å². The number of rotatable bonds is 8. The average Bonchev–Trinajstić information content (AvgIpc) is 3.28. The topological polar surface area (TPSA) is 66.8 Å². The number of hydrogen-bond acceptors (Lipinski definition) is 3. The van der Waals surface area contributed by atoms with Crippen LogP contribution in [0, 0.1) is 0 Å². The largest absolute Gasteiger partial charge is 0.490 e. The molecule has 0 atom stereocenters. The van der Waals surface area contributed by atoms with Crippen LogP contribution < -0.4 is 4.74 Å². The number of carbonyl (C=O) groups is 2. The third kappa shape index (κ3) is 4.73. The Bertz CT molecular complexity index is 591. The molecule has 5 nitrogen and oxygen atoms in total. The fourth-order valence-electron chi connectivity index (χ4n) is 3.32. The van der Waals surface area contributed by atoms with Crippen molar-refractivity contribution in [2.24, 2.45) is 0 Å². The first-order valence-corrected chi connectivity index (χ1v) is 8.88. The number of carboxylic acid groups (broad SMARTS) is 1. The van der Waals surface area contributed by atoms with Crippen LogP contribution in [0.3, 0.4) is 0 Å². The van der Waals surface area contributed by atoms with Crippen LogP contribution in [0.25, 0.3) is 0 Å². The standard InChI is InChI=1S/C19H25NO4/c21-18(20(13-19(22)23)15-9-10-15)11-8-14-4-3-7-17(12-14)24-16-5-1-2-6-16/h3-4,7,12,15-16H,1-2,5-6,8-11,13H2,(H,22,23). The number of nitrogens with zero attached hydrogens (tertiary/aromatic N) is 1. The second-order valence-electron chi connectivity index (χ2n) is 6.82. The molecule has 2 aliphatic carbocycles. The Morgan fingerprint density at radius 3 is 2.58 bits per heavy atom. The van der Waals surface area contributed by atoms with E-state index < -0.39 is 5.97 Å². The third-order valence-electron chi connectivity index (χ3n) is 4.74. The highest BCUT2D eigenvalue weighted by Crippen LogP contribution is 2.28. The normalized spacial score (nSPS) is 17.7. The van der Waals surface area contributed by atoms with Gasteiger partial charge in [-0.15, -0.1) is 0 Å². The first kappa shape index (κ1) is 16.8. The molecule has 0 unspecified atom stereocenters. The van der Waals surface area contributed by atoms with Gasteiger partial charge >= 0.3 is 5.97 Å². The van der Waals surface area contributed by atoms with Crippen LogP contribution in [0.15, 0.2) is 24.3 Å². The number of amides is 1. The van der Waals surface area contributed by atoms with E-state index in [1.807, 2.05) is 24.3 Å². The van der Waals surface area contributed by atoms with E-state index in [2.05, 4.69) is 0 Å². The maximum Gasteiger partial charge on any atom is 0.323 e. The van der Waals surface area contributed by atoms with E-state index in [1.165, 1.54) is 17.7 Å². The van der Waals surface area contributed by atoms with Crippen LogP contribution in [0.2, 0.25) is 0 Å². The Morgan fingerprint density at radius 1 is 1.17 bits per heavy atom. The zero-order chi connectivity index (χ0) is 16.9. The Balaban J connectivity index is 1.53. The predicted octanol–water partition coefficient (Wildman–Crippen LogP) is 3.02. The minimum Gasteiger partial charge on any atom is -0.490 e. The van der Waals surface area contributed by atoms with Gasteiger partial charge in [0.1, 0.15) is 12.3 Å². The van der Waals surface area contributed by atoms with Gasteiger partial charge in [-0.25, -0.2) is 0 Å². The van der Waals surface area contributed by atoms with Crippen molar-refractivity contribution in [2.75, 3.05) is 6.54 Å². The van der Waals surface area contributed by atoms with Gasteiger partial charge in [-0.1, -0.05) is 12.1 Å². The number of carboxylic acids is 1. The van der Waals surface area contributed by atoms with Crippen molar-refractivity contribution in [2.45, 2.75) is 63.5 Å². The molecule has 0 bridgehead atoms. The third-order valence-corrected chi connectivity index (χ3v) is 4.74. The first-order valence-electron chi connectivity index (χ1n) is 8.88. The van der Waals surface area contributed by atoms with Crippen molar-refractivity contribution in [1.29, 1.82) is 0 Å². The van der Waals surface area contributed by atoms with Gasteiger partial charge in [0.15, 0.2) is 0 Å². The molecule has 1 aromatic carbocycles. The lowest BCUT2D eigenvalue weighted by Gasteiger charge is -2.20. The quantitative estimate of drug-likeness (QED) is 0.795. The molecule has 0 aromatic heterocycles. The van der Waals surface area contributed by atoms with Crippen LogP contribution >= 0.6 is 0 Å². The van der Waals surface area contributed by atoms with E-state index in [4.69, 9.17) is 9.84 Å². The second kappa shape index (κ2) is 7.69. The van der Waals surface area contributed by atoms with Crippen molar-refractivity contribution in [3.8, 4) is 5.75 Å². The summed E-state index contributed by atoms with van der Waals surface area (Å²) in [4.78, 5) is 24.8. The fraction of sp³-hybridized carbons (Fsp3) is 0.579. The lowest BCUT2D eigenvalue weighted by atomic mass is 10.1. The summed E-state index contributed by atoms with van der Waals surface area (Å²) in [7, 11) is 0. The van der Waals surface area contributed by atoms with E-state index in [-0.39, 0.29) is 18.5 Å². The van der Waals surface area contributed by atoms with E-state index in [0.29, 0.717) is 18.9 Å². The molecule has 1 amide bonds. The molecule has 1 N–H and O–H groups in total. The monoisotopic (exact) mass is 331 g/mol. The van der Waals surface area contributed by atoms with Crippen LogP contribution in [0.1, 0.15) is 50.5 Å². The summed E-state index contributed by atoms with van der Waals surface area (Å²) in [6, 6.07) is 8.05. The summed E-state index contributed by atoms with van der Waals surface area (Å²) in [5, 5.41) is 8.96. The van der Waals surface area contributed by atoms with E-state index in [0.717, 1.165) is 37.0 Å². The number of ether oxygens (including phenoxy) is 1. The molecule has 0 spiro atoms. The number of aryl methyl sites for hydroxylation is 1. The van der Waals surface area contributed by atoms with Gasteiger partial charge in [0.25, 0.3) is 0 Å². The van der Waals surface area contributed by atoms with Crippen molar-refractivity contribution in [3.63, 3.8) is 0 Å². The Kier molecular flexibility index (Phi) is 5.38. The SMILES string of the molecule is O=C(O)CN(C(=O)CCc1cccc(OC2CCCC2)c1)C1CC1. The van der Waals surface area contributed by atoms with Gasteiger partial charge in [0.2, 0.25) is 5.91 Å². The molecule has 24 heavy (non-hydrogen) atoms. The summed E-state index contributed by atoms with van der Waals surface area (Å²) in [5.74, 6) is -0.138. The number of benzene rings is 1. The summed E-state index contributed by atoms with van der Waals surface area (Å²) < 4.78 is 6.00. The van der Waals surface area contributed by atoms with Crippen LogP contribution in [0.5, 0.6) is 5.75 Å². The van der Waals surface area contributed by atoms with Crippen molar-refractivity contribution < 1.29 is 19.4 Å². The maximum absolute atomic E-state index is 12.3. The molecular formula is C19H25NO4. The fourth-order valence-corrected chi connectivity index (χ4v) is 3.32. The van der Waals surface area contributed by atoms with Gasteiger partial charge in [0.05, 0.1) is 6.10 Å². The number of aliphatic carboxylic acids is 1. The predicted molar refractivity (Wildman–Crippen MR) is 90.0 cm³/mol. The summed E-state index contributed by atoms with van der Waals surface area (Å²) in [5.41, 5.74) is 1.06. The highest BCUT2D eigenvalue weighted by molar-refractivity contribution is 5.82. The molecule has 0 radical (unpaired) electrons. The molecule has 3 rings (SSSR count). The Morgan fingerprint density at radius 2 is 1.92 bits per heavy atom. The summed E-state index contributed by atoms with van der Waals surface area (Å²) in [6.07, 6.45) is 7.83. The van der Waals surface area contributed by atoms with Gasteiger partial charge in [-0.3, -0.25) is 9.59 Å². The van der Waals surface area contributed by atoms with E-state index in [9.17, 15) is 9.59 Å². The highest BCUT2D eigenvalue weighted by atomic mass is 16.5. The summed E-state index contributed by atoms with van der Waals surface area (Å²) in [6.45, 7) is -0.186. The maximum atomic E-state index is 12.3. The zero-order valence-corrected chi connectivity index (χ0v) is 13.9. The molecular weight excluding hydrogens is 306 g/mol. The smallest absolute Gasteiger partial charge is 0.323 e. The molecule has 130 valence electrons. The number of carbonyl (C=O) groups excluding carboxylic acids is 1. The molecule has 0 saturated heterocycles. The Labute approximate surface area is 142 Å². The molecule has 0 aliphatic heterocycles. The number of hydrogen-bond donors (Lipinski definition) is 1. The van der Waals surface area contributed by atoms with Crippen molar-refractivity contribution in [3.05, 3.63) is 29.8 Å². The van der Waals surface area contributed by atoms with E-state index >= 15 is 0 Å². The molecule has 0 heterocycles.